The Bertz CT molecular complexity index is 709. The van der Waals surface area contributed by atoms with Gasteiger partial charge in [-0.05, 0) is 19.1 Å². The largest absolute Gasteiger partial charge is 0.322 e. The van der Waals surface area contributed by atoms with Crippen LogP contribution < -0.4 is 10.5 Å². The first-order chi connectivity index (χ1) is 9.40. The van der Waals surface area contributed by atoms with Gasteiger partial charge in [0.05, 0.1) is 10.9 Å². The lowest BCUT2D eigenvalue weighted by Crippen LogP contribution is -2.30. The number of thiazole rings is 1. The minimum absolute atomic E-state index is 0.0241. The maximum absolute atomic E-state index is 12.0. The summed E-state index contributed by atoms with van der Waals surface area (Å²) >= 11 is 1.22. The topological polar surface area (TPSA) is 102 Å². The van der Waals surface area contributed by atoms with Crippen molar-refractivity contribution >= 4 is 27.3 Å². The van der Waals surface area contributed by atoms with Gasteiger partial charge in [-0.2, -0.15) is 0 Å². The Labute approximate surface area is 120 Å². The number of nitrogens with two attached hydrogens (primary N) is 1. The highest BCUT2D eigenvalue weighted by Crippen LogP contribution is 2.16. The molecule has 1 unspecified atom stereocenters. The second-order valence-corrected chi connectivity index (χ2v) is 6.68. The standard InChI is InChI=1S/C12H13N3O3S2/c1-8(13)12-14-10(7-19-12)11(16)15-20(17,18)9-5-3-2-4-6-9/h2-8H,13H2,1H3,(H,15,16). The Balaban J connectivity index is 2.19. The summed E-state index contributed by atoms with van der Waals surface area (Å²) in [4.78, 5) is 15.9. The summed E-state index contributed by atoms with van der Waals surface area (Å²) in [5, 5.41) is 2.06. The van der Waals surface area contributed by atoms with Gasteiger partial charge in [0.15, 0.2) is 0 Å². The lowest BCUT2D eigenvalue weighted by Gasteiger charge is -2.05. The average molecular weight is 311 g/mol. The summed E-state index contributed by atoms with van der Waals surface area (Å²) in [5.74, 6) is -0.767. The van der Waals surface area contributed by atoms with Crippen molar-refractivity contribution in [1.82, 2.24) is 9.71 Å². The summed E-state index contributed by atoms with van der Waals surface area (Å²) in [6, 6.07) is 7.36. The number of hydrogen-bond acceptors (Lipinski definition) is 6. The van der Waals surface area contributed by atoms with E-state index in [0.717, 1.165) is 0 Å². The van der Waals surface area contributed by atoms with E-state index in [4.69, 9.17) is 5.73 Å². The van der Waals surface area contributed by atoms with Crippen molar-refractivity contribution < 1.29 is 13.2 Å². The van der Waals surface area contributed by atoms with Crippen LogP contribution in [0.1, 0.15) is 28.5 Å². The van der Waals surface area contributed by atoms with E-state index in [1.807, 2.05) is 4.72 Å². The quantitative estimate of drug-likeness (QED) is 0.885. The van der Waals surface area contributed by atoms with Crippen LogP contribution >= 0.6 is 11.3 Å². The number of benzene rings is 1. The lowest BCUT2D eigenvalue weighted by molar-refractivity contribution is 0.0977. The number of hydrogen-bond donors (Lipinski definition) is 2. The Morgan fingerprint density at radius 2 is 2.00 bits per heavy atom. The predicted molar refractivity (Wildman–Crippen MR) is 75.8 cm³/mol. The number of aromatic nitrogens is 1. The Kier molecular flexibility index (Phi) is 4.17. The fourth-order valence-corrected chi connectivity index (χ4v) is 3.17. The molecule has 0 saturated heterocycles. The van der Waals surface area contributed by atoms with Crippen molar-refractivity contribution in [2.75, 3.05) is 0 Å². The molecule has 1 aromatic carbocycles. The second kappa shape index (κ2) is 5.70. The number of sulfonamides is 1. The zero-order valence-electron chi connectivity index (χ0n) is 10.6. The predicted octanol–water partition coefficient (Wildman–Crippen LogP) is 1.28. The molecule has 0 aliphatic heterocycles. The maximum Gasteiger partial charge on any atom is 0.284 e. The van der Waals surface area contributed by atoms with Gasteiger partial charge in [-0.3, -0.25) is 4.79 Å². The van der Waals surface area contributed by atoms with Gasteiger partial charge in [-0.15, -0.1) is 11.3 Å². The van der Waals surface area contributed by atoms with E-state index in [0.29, 0.717) is 5.01 Å². The molecule has 0 spiro atoms. The molecule has 0 radical (unpaired) electrons. The number of nitrogens with one attached hydrogen (secondary N) is 1. The summed E-state index contributed by atoms with van der Waals surface area (Å²) in [6.07, 6.45) is 0. The van der Waals surface area contributed by atoms with Crippen LogP contribution in [0.2, 0.25) is 0 Å². The molecule has 1 atom stereocenters. The van der Waals surface area contributed by atoms with Crippen LogP contribution in [0.25, 0.3) is 0 Å². The SMILES string of the molecule is CC(N)c1nc(C(=O)NS(=O)(=O)c2ccccc2)cs1. The molecule has 2 rings (SSSR count). The molecule has 20 heavy (non-hydrogen) atoms. The van der Waals surface area contributed by atoms with Crippen LogP contribution in [-0.2, 0) is 10.0 Å². The number of amides is 1. The first-order valence-corrected chi connectivity index (χ1v) is 8.09. The van der Waals surface area contributed by atoms with E-state index < -0.39 is 15.9 Å². The molecule has 0 aliphatic carbocycles. The average Bonchev–Trinajstić information content (AvgIpc) is 2.89. The van der Waals surface area contributed by atoms with Crippen molar-refractivity contribution in [2.45, 2.75) is 17.9 Å². The molecule has 1 aromatic heterocycles. The van der Waals surface area contributed by atoms with E-state index in [9.17, 15) is 13.2 Å². The van der Waals surface area contributed by atoms with E-state index >= 15 is 0 Å². The zero-order chi connectivity index (χ0) is 14.8. The summed E-state index contributed by atoms with van der Waals surface area (Å²) in [5.41, 5.74) is 5.69. The van der Waals surface area contributed by atoms with E-state index in [1.165, 1.54) is 28.8 Å². The minimum atomic E-state index is -3.88. The second-order valence-electron chi connectivity index (χ2n) is 4.11. The Hall–Kier alpha value is -1.77. The third-order valence-electron chi connectivity index (χ3n) is 2.42. The normalized spacial score (nSPS) is 12.9. The van der Waals surface area contributed by atoms with Crippen molar-refractivity contribution in [3.8, 4) is 0 Å². The van der Waals surface area contributed by atoms with Crippen LogP contribution in [0.5, 0.6) is 0 Å². The smallest absolute Gasteiger partial charge is 0.284 e. The molecule has 0 aliphatic rings. The van der Waals surface area contributed by atoms with Gasteiger partial charge in [0.25, 0.3) is 15.9 Å². The molecule has 0 bridgehead atoms. The van der Waals surface area contributed by atoms with Crippen molar-refractivity contribution in [1.29, 1.82) is 0 Å². The van der Waals surface area contributed by atoms with E-state index in [2.05, 4.69) is 4.98 Å². The Morgan fingerprint density at radius 1 is 1.35 bits per heavy atom. The van der Waals surface area contributed by atoms with Gasteiger partial charge in [-0.25, -0.2) is 18.1 Å². The van der Waals surface area contributed by atoms with Crippen LogP contribution in [0.3, 0.4) is 0 Å². The molecule has 0 fully saturated rings. The molecule has 1 heterocycles. The minimum Gasteiger partial charge on any atom is -0.322 e. The van der Waals surface area contributed by atoms with Gasteiger partial charge in [0, 0.05) is 5.38 Å². The molecule has 2 aromatic rings. The maximum atomic E-state index is 12.0. The van der Waals surface area contributed by atoms with Crippen molar-refractivity contribution in [2.24, 2.45) is 5.73 Å². The number of nitrogens with zero attached hydrogens (tertiary/aromatic N) is 1. The first-order valence-electron chi connectivity index (χ1n) is 5.73. The van der Waals surface area contributed by atoms with Crippen LogP contribution in [0.4, 0.5) is 0 Å². The third-order valence-corrected chi connectivity index (χ3v) is 4.82. The number of carbonyl (C=O) groups excluding carboxylic acids is 1. The van der Waals surface area contributed by atoms with E-state index in [1.54, 1.807) is 25.1 Å². The van der Waals surface area contributed by atoms with Crippen LogP contribution in [-0.4, -0.2) is 19.3 Å². The van der Waals surface area contributed by atoms with Crippen molar-refractivity contribution in [3.05, 3.63) is 46.4 Å². The zero-order valence-corrected chi connectivity index (χ0v) is 12.2. The molecule has 8 heteroatoms. The van der Waals surface area contributed by atoms with Gasteiger partial charge >= 0.3 is 0 Å². The molecular weight excluding hydrogens is 298 g/mol. The fraction of sp³-hybridized carbons (Fsp3) is 0.167. The summed E-state index contributed by atoms with van der Waals surface area (Å²) in [6.45, 7) is 1.74. The molecule has 106 valence electrons. The summed E-state index contributed by atoms with van der Waals surface area (Å²) < 4.78 is 25.9. The third kappa shape index (κ3) is 3.21. The monoisotopic (exact) mass is 311 g/mol. The number of carbonyl (C=O) groups is 1. The molecular formula is C12H13N3O3S2. The van der Waals surface area contributed by atoms with Gasteiger partial charge < -0.3 is 5.73 Å². The van der Waals surface area contributed by atoms with Gasteiger partial charge in [0.2, 0.25) is 0 Å². The van der Waals surface area contributed by atoms with Crippen molar-refractivity contribution in [3.63, 3.8) is 0 Å². The first kappa shape index (κ1) is 14.6. The lowest BCUT2D eigenvalue weighted by atomic mass is 10.4. The molecule has 1 amide bonds. The highest BCUT2D eigenvalue weighted by molar-refractivity contribution is 7.90. The summed E-state index contributed by atoms with van der Waals surface area (Å²) in [7, 11) is -3.88. The van der Waals surface area contributed by atoms with Gasteiger partial charge in [-0.1, -0.05) is 18.2 Å². The molecule has 0 saturated carbocycles. The number of rotatable bonds is 4. The van der Waals surface area contributed by atoms with E-state index in [-0.39, 0.29) is 16.6 Å². The highest BCUT2D eigenvalue weighted by atomic mass is 32.2. The fourth-order valence-electron chi connectivity index (χ4n) is 1.43. The Morgan fingerprint density at radius 3 is 2.55 bits per heavy atom. The van der Waals surface area contributed by atoms with Gasteiger partial charge in [0.1, 0.15) is 10.7 Å². The van der Waals surface area contributed by atoms with Crippen LogP contribution in [0.15, 0.2) is 40.6 Å². The molecule has 3 N–H and O–H groups in total. The molecule has 6 nitrogen and oxygen atoms in total. The highest BCUT2D eigenvalue weighted by Gasteiger charge is 2.20. The van der Waals surface area contributed by atoms with Crippen LogP contribution in [0, 0.1) is 0 Å².